The lowest BCUT2D eigenvalue weighted by atomic mass is 9.80. The van der Waals surface area contributed by atoms with Crippen LogP contribution in [0.2, 0.25) is 0 Å². The van der Waals surface area contributed by atoms with Crippen molar-refractivity contribution in [3.05, 3.63) is 142 Å². The molecular weight excluding hydrogens is 542 g/mol. The fourth-order valence-corrected chi connectivity index (χ4v) is 5.41. The molecule has 2 aliphatic heterocycles. The van der Waals surface area contributed by atoms with Gasteiger partial charge in [-0.2, -0.15) is 0 Å². The number of benzene rings is 4. The highest BCUT2D eigenvalue weighted by molar-refractivity contribution is 5.47. The lowest BCUT2D eigenvalue weighted by molar-refractivity contribution is -0.652. The third kappa shape index (κ3) is 4.89. The molecule has 42 heavy (non-hydrogen) atoms. The average Bonchev–Trinajstić information content (AvgIpc) is 3.60. The number of nitro groups is 1. The number of hydrogen-bond acceptors (Lipinski definition) is 9. The van der Waals surface area contributed by atoms with E-state index >= 15 is 0 Å². The average molecular weight is 572 g/mol. The fraction of sp³-hybridized carbons (Fsp3) is 0.250. The molecule has 0 unspecified atom stereocenters. The summed E-state index contributed by atoms with van der Waals surface area (Å²) in [4.78, 5) is 11.1. The van der Waals surface area contributed by atoms with E-state index in [1.165, 1.54) is 0 Å². The third-order valence-electron chi connectivity index (χ3n) is 7.57. The van der Waals surface area contributed by atoms with E-state index in [-0.39, 0.29) is 20.0 Å². The van der Waals surface area contributed by atoms with Crippen LogP contribution in [0.3, 0.4) is 0 Å². The van der Waals surface area contributed by atoms with Crippen LogP contribution in [0.1, 0.15) is 22.3 Å². The van der Waals surface area contributed by atoms with E-state index in [2.05, 4.69) is 0 Å². The molecule has 2 heterocycles. The van der Waals surface area contributed by atoms with E-state index in [1.54, 1.807) is 18.2 Å². The summed E-state index contributed by atoms with van der Waals surface area (Å²) < 4.78 is 28.9. The molecule has 4 atom stereocenters. The van der Waals surface area contributed by atoms with Crippen LogP contribution in [0.4, 0.5) is 0 Å². The van der Waals surface area contributed by atoms with Crippen molar-refractivity contribution in [3.63, 3.8) is 0 Å². The van der Waals surface area contributed by atoms with Gasteiger partial charge >= 0.3 is 5.72 Å². The Morgan fingerprint density at radius 3 is 1.95 bits per heavy atom. The third-order valence-corrected chi connectivity index (χ3v) is 7.57. The zero-order valence-electron chi connectivity index (χ0n) is 22.4. The molecule has 0 bridgehead atoms. The smallest absolute Gasteiger partial charge is 0.401 e. The van der Waals surface area contributed by atoms with Crippen LogP contribution >= 0.6 is 0 Å². The van der Waals surface area contributed by atoms with Gasteiger partial charge in [0.1, 0.15) is 11.7 Å². The van der Waals surface area contributed by atoms with Crippen molar-refractivity contribution in [2.24, 2.45) is 0 Å². The SMILES string of the molecule is O=[N+]([O-])[C@]1(O)[C@@H](OCc2ccc3c(c2)OCO3)O[C@H](COC(c2ccccc2)(c2ccccc2)c2ccccc2)[C@H]1O. The Balaban J connectivity index is 1.29. The Morgan fingerprint density at radius 2 is 1.40 bits per heavy atom. The van der Waals surface area contributed by atoms with Crippen molar-refractivity contribution < 1.29 is 38.8 Å². The Labute approximate surface area is 241 Å². The van der Waals surface area contributed by atoms with Crippen LogP contribution in [-0.2, 0) is 26.4 Å². The molecule has 0 spiro atoms. The van der Waals surface area contributed by atoms with Gasteiger partial charge in [0.05, 0.1) is 18.1 Å². The van der Waals surface area contributed by atoms with Gasteiger partial charge in [-0.05, 0) is 34.4 Å². The number of nitrogens with zero attached hydrogens (tertiary/aromatic N) is 1. The van der Waals surface area contributed by atoms with E-state index in [4.69, 9.17) is 23.7 Å². The Morgan fingerprint density at radius 1 is 0.857 bits per heavy atom. The highest BCUT2D eigenvalue weighted by Crippen LogP contribution is 2.42. The molecule has 4 aromatic rings. The lowest BCUT2D eigenvalue weighted by Crippen LogP contribution is -2.55. The second-order valence-electron chi connectivity index (χ2n) is 10.1. The van der Waals surface area contributed by atoms with Gasteiger partial charge in [0.2, 0.25) is 6.79 Å². The molecule has 0 radical (unpaired) electrons. The number of hydrogen-bond donors (Lipinski definition) is 2. The van der Waals surface area contributed by atoms with Crippen LogP contribution in [0.5, 0.6) is 11.5 Å². The summed E-state index contributed by atoms with van der Waals surface area (Å²) in [5.74, 6) is 1.09. The summed E-state index contributed by atoms with van der Waals surface area (Å²) in [5, 5.41) is 34.2. The number of aliphatic hydroxyl groups is 2. The number of aliphatic hydroxyl groups excluding tert-OH is 1. The minimum absolute atomic E-state index is 0.0940. The van der Waals surface area contributed by atoms with Crippen molar-refractivity contribution >= 4 is 0 Å². The number of fused-ring (bicyclic) bond motifs is 1. The maximum absolute atomic E-state index is 12.1. The largest absolute Gasteiger partial charge is 0.454 e. The van der Waals surface area contributed by atoms with Gasteiger partial charge in [-0.3, -0.25) is 10.1 Å². The molecule has 1 saturated heterocycles. The zero-order chi connectivity index (χ0) is 29.2. The second kappa shape index (κ2) is 11.5. The first-order chi connectivity index (χ1) is 20.4. The molecule has 2 N–H and O–H groups in total. The first kappa shape index (κ1) is 27.8. The van der Waals surface area contributed by atoms with Gasteiger partial charge in [-0.15, -0.1) is 0 Å². The molecule has 0 aliphatic carbocycles. The van der Waals surface area contributed by atoms with Crippen LogP contribution in [0.25, 0.3) is 0 Å². The van der Waals surface area contributed by atoms with E-state index in [9.17, 15) is 20.3 Å². The molecule has 4 aromatic carbocycles. The van der Waals surface area contributed by atoms with Crippen LogP contribution in [-0.4, -0.2) is 52.8 Å². The molecule has 10 heteroatoms. The monoisotopic (exact) mass is 571 g/mol. The predicted octanol–water partition coefficient (Wildman–Crippen LogP) is 3.99. The second-order valence-corrected chi connectivity index (χ2v) is 10.1. The van der Waals surface area contributed by atoms with E-state index in [0.717, 1.165) is 16.7 Å². The van der Waals surface area contributed by atoms with Gasteiger partial charge in [-0.25, -0.2) is 0 Å². The summed E-state index contributed by atoms with van der Waals surface area (Å²) >= 11 is 0. The first-order valence-corrected chi connectivity index (χ1v) is 13.4. The maximum Gasteiger partial charge on any atom is 0.401 e. The highest BCUT2D eigenvalue weighted by Gasteiger charge is 2.67. The van der Waals surface area contributed by atoms with Gasteiger partial charge in [0, 0.05) is 0 Å². The van der Waals surface area contributed by atoms with Crippen molar-refractivity contribution in [2.75, 3.05) is 13.4 Å². The molecule has 1 fully saturated rings. The van der Waals surface area contributed by atoms with Crippen LogP contribution in [0.15, 0.2) is 109 Å². The lowest BCUT2D eigenvalue weighted by Gasteiger charge is -2.36. The molecule has 6 rings (SSSR count). The van der Waals surface area contributed by atoms with Crippen molar-refractivity contribution in [1.29, 1.82) is 0 Å². The normalized spacial score (nSPS) is 23.1. The van der Waals surface area contributed by atoms with Crippen LogP contribution in [0, 0.1) is 10.1 Å². The molecule has 0 amide bonds. The van der Waals surface area contributed by atoms with Gasteiger partial charge < -0.3 is 33.9 Å². The Hall–Kier alpha value is -4.32. The van der Waals surface area contributed by atoms with E-state index < -0.39 is 34.7 Å². The van der Waals surface area contributed by atoms with Crippen molar-refractivity contribution in [2.45, 2.75) is 36.4 Å². The Bertz CT molecular complexity index is 1420. The summed E-state index contributed by atoms with van der Waals surface area (Å²) in [6.45, 7) is -0.365. The highest BCUT2D eigenvalue weighted by atomic mass is 16.8. The summed E-state index contributed by atoms with van der Waals surface area (Å²) in [6.07, 6.45) is -5.02. The molecule has 10 nitrogen and oxygen atoms in total. The van der Waals surface area contributed by atoms with Gasteiger partial charge in [-0.1, -0.05) is 97.1 Å². The fourth-order valence-electron chi connectivity index (χ4n) is 5.41. The number of ether oxygens (including phenoxy) is 5. The molecule has 2 aliphatic rings. The Kier molecular flexibility index (Phi) is 7.63. The standard InChI is InChI=1S/C32H29NO9/c34-29-28(42-30(32(29,35)33(36)37)38-19-22-16-17-26-27(18-22)40-21-39-26)20-41-31(23-10-4-1-5-11-23,24-12-6-2-7-13-24)25-14-8-3-9-15-25/h1-18,28-30,34-35H,19-21H2/t28-,29-,30+,32-/m1/s1. The summed E-state index contributed by atoms with van der Waals surface area (Å²) in [6, 6.07) is 33.7. The predicted molar refractivity (Wildman–Crippen MR) is 149 cm³/mol. The van der Waals surface area contributed by atoms with E-state index in [0.29, 0.717) is 17.1 Å². The van der Waals surface area contributed by atoms with Crippen LogP contribution < -0.4 is 9.47 Å². The molecule has 216 valence electrons. The van der Waals surface area contributed by atoms with Gasteiger partial charge in [0.25, 0.3) is 6.29 Å². The number of rotatable bonds is 10. The zero-order valence-corrected chi connectivity index (χ0v) is 22.4. The van der Waals surface area contributed by atoms with Gasteiger partial charge in [0.15, 0.2) is 17.6 Å². The van der Waals surface area contributed by atoms with E-state index in [1.807, 2.05) is 91.0 Å². The summed E-state index contributed by atoms with van der Waals surface area (Å²) in [5.41, 5.74) is -1.08. The minimum atomic E-state index is -2.93. The molecular formula is C32H29NO9. The first-order valence-electron chi connectivity index (χ1n) is 13.4. The van der Waals surface area contributed by atoms with Crippen molar-refractivity contribution in [3.8, 4) is 11.5 Å². The molecule has 0 saturated carbocycles. The van der Waals surface area contributed by atoms with Crippen molar-refractivity contribution in [1.82, 2.24) is 0 Å². The minimum Gasteiger partial charge on any atom is -0.454 e. The summed E-state index contributed by atoms with van der Waals surface area (Å²) in [7, 11) is 0. The quantitative estimate of drug-likeness (QED) is 0.126. The molecule has 0 aromatic heterocycles. The topological polar surface area (TPSA) is 130 Å². The maximum atomic E-state index is 12.1.